The number of nitrogens with zero attached hydrogens (tertiary/aromatic N) is 1. The first-order chi connectivity index (χ1) is 11.2. The molecular formula is C17H18FNO3S. The molecule has 1 saturated heterocycles. The van der Waals surface area contributed by atoms with Gasteiger partial charge in [-0.2, -0.15) is 11.3 Å². The number of halogens is 1. The Bertz CT molecular complexity index is 644. The number of hydrogen-bond acceptors (Lipinski definition) is 4. The van der Waals surface area contributed by atoms with Gasteiger partial charge in [0.05, 0.1) is 6.61 Å². The molecule has 0 unspecified atom stereocenters. The van der Waals surface area contributed by atoms with Crippen molar-refractivity contribution in [2.75, 3.05) is 19.8 Å². The second kappa shape index (κ2) is 7.10. The van der Waals surface area contributed by atoms with Gasteiger partial charge in [0.2, 0.25) is 6.10 Å². The van der Waals surface area contributed by atoms with E-state index < -0.39 is 6.10 Å². The molecule has 4 nitrogen and oxygen atoms in total. The SMILES string of the molecule is CCOCCN1C(=O)[C@H](Oc2ccc(F)cc2)[C@H]1c1ccsc1. The number of thiophene rings is 1. The molecule has 2 heterocycles. The van der Waals surface area contributed by atoms with E-state index in [0.717, 1.165) is 5.56 Å². The molecule has 1 aromatic heterocycles. The maximum Gasteiger partial charge on any atom is 0.266 e. The summed E-state index contributed by atoms with van der Waals surface area (Å²) in [5, 5.41) is 4.00. The van der Waals surface area contributed by atoms with Crippen molar-refractivity contribution >= 4 is 17.2 Å². The van der Waals surface area contributed by atoms with E-state index in [0.29, 0.717) is 25.5 Å². The monoisotopic (exact) mass is 335 g/mol. The van der Waals surface area contributed by atoms with E-state index in [2.05, 4.69) is 0 Å². The van der Waals surface area contributed by atoms with Crippen molar-refractivity contribution in [2.45, 2.75) is 19.1 Å². The first kappa shape index (κ1) is 16.0. The topological polar surface area (TPSA) is 38.8 Å². The molecule has 0 N–H and O–H groups in total. The van der Waals surface area contributed by atoms with Crippen molar-refractivity contribution in [2.24, 2.45) is 0 Å². The number of benzene rings is 1. The molecule has 3 rings (SSSR count). The van der Waals surface area contributed by atoms with Crippen molar-refractivity contribution in [3.8, 4) is 5.75 Å². The van der Waals surface area contributed by atoms with Crippen LogP contribution in [0.5, 0.6) is 5.75 Å². The predicted molar refractivity (Wildman–Crippen MR) is 86.1 cm³/mol. The molecule has 1 aliphatic rings. The molecule has 1 fully saturated rings. The average Bonchev–Trinajstić information content (AvgIpc) is 3.08. The zero-order valence-electron chi connectivity index (χ0n) is 12.8. The van der Waals surface area contributed by atoms with Crippen LogP contribution < -0.4 is 4.74 Å². The maximum atomic E-state index is 13.0. The van der Waals surface area contributed by atoms with Gasteiger partial charge in [0.1, 0.15) is 17.6 Å². The summed E-state index contributed by atoms with van der Waals surface area (Å²) in [4.78, 5) is 14.2. The summed E-state index contributed by atoms with van der Waals surface area (Å²) in [7, 11) is 0. The lowest BCUT2D eigenvalue weighted by atomic mass is 9.92. The van der Waals surface area contributed by atoms with Crippen molar-refractivity contribution < 1.29 is 18.7 Å². The lowest BCUT2D eigenvalue weighted by Crippen LogP contribution is -2.61. The van der Waals surface area contributed by atoms with Crippen LogP contribution >= 0.6 is 11.3 Å². The van der Waals surface area contributed by atoms with Gasteiger partial charge in [-0.25, -0.2) is 4.39 Å². The van der Waals surface area contributed by atoms with Crippen molar-refractivity contribution in [1.29, 1.82) is 0 Å². The molecule has 0 radical (unpaired) electrons. The predicted octanol–water partition coefficient (Wildman–Crippen LogP) is 3.25. The van der Waals surface area contributed by atoms with Crippen LogP contribution in [0.3, 0.4) is 0 Å². The summed E-state index contributed by atoms with van der Waals surface area (Å²) >= 11 is 1.58. The number of carbonyl (C=O) groups is 1. The Morgan fingerprint density at radius 1 is 1.26 bits per heavy atom. The first-order valence-electron chi connectivity index (χ1n) is 7.53. The molecule has 2 aromatic rings. The molecule has 2 atom stereocenters. The molecule has 1 aromatic carbocycles. The molecule has 1 amide bonds. The van der Waals surface area contributed by atoms with Gasteiger partial charge in [-0.3, -0.25) is 4.79 Å². The smallest absolute Gasteiger partial charge is 0.266 e. The van der Waals surface area contributed by atoms with E-state index >= 15 is 0 Å². The fourth-order valence-electron chi connectivity index (χ4n) is 2.65. The summed E-state index contributed by atoms with van der Waals surface area (Å²) in [6.45, 7) is 3.60. The lowest BCUT2D eigenvalue weighted by molar-refractivity contribution is -0.165. The van der Waals surface area contributed by atoms with E-state index in [4.69, 9.17) is 9.47 Å². The van der Waals surface area contributed by atoms with Crippen molar-refractivity contribution in [1.82, 2.24) is 4.90 Å². The molecule has 0 spiro atoms. The second-order valence-electron chi connectivity index (χ2n) is 5.22. The number of β-lactam (4-membered cyclic amide) rings is 1. The minimum absolute atomic E-state index is 0.0646. The summed E-state index contributed by atoms with van der Waals surface area (Å²) in [5.41, 5.74) is 1.05. The number of amides is 1. The number of carbonyl (C=O) groups excluding carboxylic acids is 1. The number of hydrogen-bond donors (Lipinski definition) is 0. The van der Waals surface area contributed by atoms with Crippen LogP contribution in [0.4, 0.5) is 4.39 Å². The van der Waals surface area contributed by atoms with Crippen LogP contribution in [-0.4, -0.2) is 36.7 Å². The molecule has 0 saturated carbocycles. The molecule has 0 bridgehead atoms. The third-order valence-electron chi connectivity index (χ3n) is 3.79. The van der Waals surface area contributed by atoms with Crippen LogP contribution in [-0.2, 0) is 9.53 Å². The molecule has 6 heteroatoms. The standard InChI is InChI=1S/C17H18FNO3S/c1-2-21-9-8-19-15(12-7-10-23-11-12)16(17(19)20)22-14-5-3-13(18)4-6-14/h3-7,10-11,15-16H,2,8-9H2,1H3/t15-,16-/m1/s1. The second-order valence-corrected chi connectivity index (χ2v) is 6.00. The van der Waals surface area contributed by atoms with Crippen molar-refractivity contribution in [3.05, 3.63) is 52.5 Å². The van der Waals surface area contributed by atoms with Crippen LogP contribution in [0, 0.1) is 5.82 Å². The number of ether oxygens (including phenoxy) is 2. The fourth-order valence-corrected chi connectivity index (χ4v) is 3.34. The minimum atomic E-state index is -0.573. The van der Waals surface area contributed by atoms with E-state index in [1.54, 1.807) is 16.2 Å². The quantitative estimate of drug-likeness (QED) is 0.576. The Balaban J connectivity index is 1.73. The summed E-state index contributed by atoms with van der Waals surface area (Å²) in [6.07, 6.45) is -0.573. The number of rotatable bonds is 7. The Kier molecular flexibility index (Phi) is 4.93. The van der Waals surface area contributed by atoms with Crippen LogP contribution in [0.15, 0.2) is 41.1 Å². The zero-order chi connectivity index (χ0) is 16.2. The molecule has 0 aliphatic carbocycles. The van der Waals surface area contributed by atoms with Gasteiger partial charge in [-0.15, -0.1) is 0 Å². The minimum Gasteiger partial charge on any atom is -0.478 e. The fraction of sp³-hybridized carbons (Fsp3) is 0.353. The normalized spacial score (nSPS) is 20.4. The van der Waals surface area contributed by atoms with E-state index in [1.807, 2.05) is 23.8 Å². The van der Waals surface area contributed by atoms with Crippen LogP contribution in [0.2, 0.25) is 0 Å². The highest BCUT2D eigenvalue weighted by molar-refractivity contribution is 7.08. The number of likely N-dealkylation sites (tertiary alicyclic amines) is 1. The van der Waals surface area contributed by atoms with Gasteiger partial charge in [-0.1, -0.05) is 0 Å². The van der Waals surface area contributed by atoms with Crippen LogP contribution in [0.25, 0.3) is 0 Å². The van der Waals surface area contributed by atoms with Gasteiger partial charge >= 0.3 is 0 Å². The molecule has 23 heavy (non-hydrogen) atoms. The Hall–Kier alpha value is -1.92. The maximum absolute atomic E-state index is 13.0. The van der Waals surface area contributed by atoms with Crippen LogP contribution in [0.1, 0.15) is 18.5 Å². The molecule has 1 aliphatic heterocycles. The zero-order valence-corrected chi connectivity index (χ0v) is 13.6. The molecule has 122 valence electrons. The first-order valence-corrected chi connectivity index (χ1v) is 8.47. The van der Waals surface area contributed by atoms with Crippen molar-refractivity contribution in [3.63, 3.8) is 0 Å². The van der Waals surface area contributed by atoms with Gasteiger partial charge in [0.15, 0.2) is 0 Å². The Labute approximate surface area is 138 Å². The van der Waals surface area contributed by atoms with Gasteiger partial charge in [0.25, 0.3) is 5.91 Å². The van der Waals surface area contributed by atoms with Gasteiger partial charge < -0.3 is 14.4 Å². The van der Waals surface area contributed by atoms with E-state index in [9.17, 15) is 9.18 Å². The van der Waals surface area contributed by atoms with E-state index in [1.165, 1.54) is 24.3 Å². The highest BCUT2D eigenvalue weighted by Gasteiger charge is 2.50. The largest absolute Gasteiger partial charge is 0.478 e. The average molecular weight is 335 g/mol. The lowest BCUT2D eigenvalue weighted by Gasteiger charge is -2.46. The summed E-state index contributed by atoms with van der Waals surface area (Å²) in [6, 6.07) is 7.60. The highest BCUT2D eigenvalue weighted by Crippen LogP contribution is 2.38. The Morgan fingerprint density at radius 3 is 2.70 bits per heavy atom. The summed E-state index contributed by atoms with van der Waals surface area (Å²) in [5.74, 6) is 0.102. The highest BCUT2D eigenvalue weighted by atomic mass is 32.1. The van der Waals surface area contributed by atoms with Gasteiger partial charge in [0, 0.05) is 13.2 Å². The van der Waals surface area contributed by atoms with Gasteiger partial charge in [-0.05, 0) is 53.6 Å². The van der Waals surface area contributed by atoms with E-state index in [-0.39, 0.29) is 17.8 Å². The Morgan fingerprint density at radius 2 is 2.04 bits per heavy atom. The third kappa shape index (κ3) is 3.38. The third-order valence-corrected chi connectivity index (χ3v) is 4.49. The molecular weight excluding hydrogens is 317 g/mol. The summed E-state index contributed by atoms with van der Waals surface area (Å²) < 4.78 is 24.1.